The number of carbonyl (C=O) groups excluding carboxylic acids is 1. The highest BCUT2D eigenvalue weighted by Gasteiger charge is 2.22. The molecule has 0 atom stereocenters. The molecule has 0 spiro atoms. The molecule has 3 rings (SSSR count). The number of benzene rings is 2. The Kier molecular flexibility index (Phi) is 7.28. The zero-order valence-corrected chi connectivity index (χ0v) is 18.7. The summed E-state index contributed by atoms with van der Waals surface area (Å²) in [6.45, 7) is 8.39. The van der Waals surface area contributed by atoms with Gasteiger partial charge in [-0.15, -0.1) is 0 Å². The van der Waals surface area contributed by atoms with Gasteiger partial charge in [0.25, 0.3) is 5.91 Å². The van der Waals surface area contributed by atoms with E-state index in [4.69, 9.17) is 0 Å². The van der Waals surface area contributed by atoms with Crippen molar-refractivity contribution >= 4 is 15.9 Å². The predicted molar refractivity (Wildman–Crippen MR) is 119 cm³/mol. The van der Waals surface area contributed by atoms with Crippen LogP contribution in [0.1, 0.15) is 48.2 Å². The number of likely N-dealkylation sites (tertiary alicyclic amines) is 1. The van der Waals surface area contributed by atoms with Crippen LogP contribution in [0.5, 0.6) is 0 Å². The number of hydrogen-bond donors (Lipinski definition) is 2. The van der Waals surface area contributed by atoms with Crippen molar-refractivity contribution in [2.24, 2.45) is 0 Å². The second-order valence-electron chi connectivity index (χ2n) is 8.32. The molecule has 1 saturated heterocycles. The number of sulfonamides is 1. The lowest BCUT2D eigenvalue weighted by Crippen LogP contribution is -2.44. The number of rotatable bonds is 7. The molecule has 6 nitrogen and oxygen atoms in total. The van der Waals surface area contributed by atoms with Gasteiger partial charge in [-0.3, -0.25) is 9.69 Å². The van der Waals surface area contributed by atoms with Gasteiger partial charge in [0.15, 0.2) is 0 Å². The molecule has 30 heavy (non-hydrogen) atoms. The van der Waals surface area contributed by atoms with Gasteiger partial charge >= 0.3 is 0 Å². The summed E-state index contributed by atoms with van der Waals surface area (Å²) in [6, 6.07) is 14.6. The van der Waals surface area contributed by atoms with Crippen molar-refractivity contribution in [3.8, 4) is 0 Å². The van der Waals surface area contributed by atoms with Crippen LogP contribution in [0.2, 0.25) is 0 Å². The molecular formula is C23H31N3O3S. The summed E-state index contributed by atoms with van der Waals surface area (Å²) < 4.78 is 27.3. The van der Waals surface area contributed by atoms with E-state index in [9.17, 15) is 13.2 Å². The molecule has 1 heterocycles. The van der Waals surface area contributed by atoms with Crippen LogP contribution in [-0.4, -0.2) is 44.4 Å². The Hall–Kier alpha value is -2.22. The Labute approximate surface area is 179 Å². The van der Waals surface area contributed by atoms with E-state index in [1.54, 1.807) is 26.0 Å². The molecule has 1 fully saturated rings. The molecule has 1 amide bonds. The standard InChI is InChI=1S/C23H31N3O3S/c1-17(2)25-30(28,29)22-9-5-8-20(15-22)23(27)24-21-10-12-26(13-11-21)16-19-7-4-6-18(3)14-19/h4-9,14-15,17,21,25H,10-13,16H2,1-3H3,(H,24,27). The van der Waals surface area contributed by atoms with Crippen LogP contribution in [0.4, 0.5) is 0 Å². The minimum absolute atomic E-state index is 0.0975. The Morgan fingerprint density at radius 2 is 1.80 bits per heavy atom. The predicted octanol–water partition coefficient (Wildman–Crippen LogP) is 3.08. The van der Waals surface area contributed by atoms with Gasteiger partial charge in [0.1, 0.15) is 0 Å². The molecular weight excluding hydrogens is 398 g/mol. The summed E-state index contributed by atoms with van der Waals surface area (Å²) in [4.78, 5) is 15.2. The summed E-state index contributed by atoms with van der Waals surface area (Å²) in [5.41, 5.74) is 2.94. The van der Waals surface area contributed by atoms with Crippen molar-refractivity contribution in [3.05, 3.63) is 65.2 Å². The van der Waals surface area contributed by atoms with Crippen molar-refractivity contribution in [2.75, 3.05) is 13.1 Å². The van der Waals surface area contributed by atoms with Gasteiger partial charge in [0.05, 0.1) is 4.90 Å². The lowest BCUT2D eigenvalue weighted by atomic mass is 10.0. The second kappa shape index (κ2) is 9.73. The van der Waals surface area contributed by atoms with Gasteiger partial charge in [-0.25, -0.2) is 13.1 Å². The highest BCUT2D eigenvalue weighted by Crippen LogP contribution is 2.16. The summed E-state index contributed by atoms with van der Waals surface area (Å²) in [6.07, 6.45) is 1.76. The Morgan fingerprint density at radius 1 is 1.10 bits per heavy atom. The second-order valence-corrected chi connectivity index (χ2v) is 10.0. The summed E-state index contributed by atoms with van der Waals surface area (Å²) in [5.74, 6) is -0.228. The van der Waals surface area contributed by atoms with Crippen LogP contribution >= 0.6 is 0 Å². The maximum Gasteiger partial charge on any atom is 0.251 e. The van der Waals surface area contributed by atoms with E-state index < -0.39 is 10.0 Å². The molecule has 2 aromatic rings. The van der Waals surface area contributed by atoms with Crippen LogP contribution in [-0.2, 0) is 16.6 Å². The van der Waals surface area contributed by atoms with E-state index in [0.717, 1.165) is 32.5 Å². The first-order valence-corrected chi connectivity index (χ1v) is 11.9. The maximum atomic E-state index is 12.7. The van der Waals surface area contributed by atoms with Crippen LogP contribution in [0.3, 0.4) is 0 Å². The minimum Gasteiger partial charge on any atom is -0.349 e. The number of hydrogen-bond acceptors (Lipinski definition) is 4. The van der Waals surface area contributed by atoms with Crippen molar-refractivity contribution < 1.29 is 13.2 Å². The van der Waals surface area contributed by atoms with Crippen LogP contribution in [0.15, 0.2) is 53.4 Å². The molecule has 162 valence electrons. The fourth-order valence-electron chi connectivity index (χ4n) is 3.76. The summed E-state index contributed by atoms with van der Waals surface area (Å²) in [7, 11) is -3.63. The molecule has 0 radical (unpaired) electrons. The van der Waals surface area contributed by atoms with E-state index in [-0.39, 0.29) is 22.9 Å². The normalized spacial score (nSPS) is 16.0. The number of carbonyl (C=O) groups is 1. The molecule has 1 aliphatic heterocycles. The highest BCUT2D eigenvalue weighted by atomic mass is 32.2. The zero-order valence-electron chi connectivity index (χ0n) is 17.9. The third-order valence-electron chi connectivity index (χ3n) is 5.21. The summed E-state index contributed by atoms with van der Waals surface area (Å²) in [5, 5.41) is 3.07. The van der Waals surface area contributed by atoms with Gasteiger partial charge in [0, 0.05) is 37.3 Å². The molecule has 2 aromatic carbocycles. The molecule has 0 unspecified atom stereocenters. The van der Waals surface area contributed by atoms with Crippen molar-refractivity contribution in [3.63, 3.8) is 0 Å². The van der Waals surface area contributed by atoms with E-state index in [1.165, 1.54) is 23.3 Å². The fourth-order valence-corrected chi connectivity index (χ4v) is 5.05. The highest BCUT2D eigenvalue weighted by molar-refractivity contribution is 7.89. The molecule has 0 bridgehead atoms. The first kappa shape index (κ1) is 22.5. The van der Waals surface area contributed by atoms with Gasteiger partial charge in [-0.1, -0.05) is 35.9 Å². The van der Waals surface area contributed by atoms with Crippen LogP contribution in [0, 0.1) is 6.92 Å². The zero-order chi connectivity index (χ0) is 21.7. The fraction of sp³-hybridized carbons (Fsp3) is 0.435. The molecule has 0 aromatic heterocycles. The van der Waals surface area contributed by atoms with Crippen molar-refractivity contribution in [1.82, 2.24) is 14.9 Å². The smallest absolute Gasteiger partial charge is 0.251 e. The molecule has 1 aliphatic rings. The number of nitrogens with one attached hydrogen (secondary N) is 2. The van der Waals surface area contributed by atoms with Crippen molar-refractivity contribution in [1.29, 1.82) is 0 Å². The Morgan fingerprint density at radius 3 is 2.47 bits per heavy atom. The molecule has 7 heteroatoms. The van der Waals surface area contributed by atoms with Gasteiger partial charge < -0.3 is 5.32 Å². The lowest BCUT2D eigenvalue weighted by molar-refractivity contribution is 0.0908. The van der Waals surface area contributed by atoms with Gasteiger partial charge in [-0.2, -0.15) is 0 Å². The largest absolute Gasteiger partial charge is 0.349 e. The molecule has 0 aliphatic carbocycles. The van der Waals surface area contributed by atoms with E-state index in [1.807, 2.05) is 0 Å². The molecule has 2 N–H and O–H groups in total. The number of piperidine rings is 1. The number of aryl methyl sites for hydroxylation is 1. The number of nitrogens with zero attached hydrogens (tertiary/aromatic N) is 1. The minimum atomic E-state index is -3.63. The maximum absolute atomic E-state index is 12.7. The topological polar surface area (TPSA) is 78.5 Å². The summed E-state index contributed by atoms with van der Waals surface area (Å²) >= 11 is 0. The van der Waals surface area contributed by atoms with E-state index in [2.05, 4.69) is 46.1 Å². The quantitative estimate of drug-likeness (QED) is 0.709. The Bertz CT molecular complexity index is 981. The first-order chi connectivity index (χ1) is 14.2. The Balaban J connectivity index is 1.55. The third kappa shape index (κ3) is 6.14. The average molecular weight is 430 g/mol. The van der Waals surface area contributed by atoms with Gasteiger partial charge in [0.2, 0.25) is 10.0 Å². The average Bonchev–Trinajstić information content (AvgIpc) is 2.69. The van der Waals surface area contributed by atoms with Gasteiger partial charge in [-0.05, 0) is 57.4 Å². The van der Waals surface area contributed by atoms with E-state index in [0.29, 0.717) is 5.56 Å². The van der Waals surface area contributed by atoms with Crippen molar-refractivity contribution in [2.45, 2.75) is 57.1 Å². The first-order valence-electron chi connectivity index (χ1n) is 10.4. The van der Waals surface area contributed by atoms with E-state index >= 15 is 0 Å². The SMILES string of the molecule is Cc1cccc(CN2CCC(NC(=O)c3cccc(S(=O)(=O)NC(C)C)c3)CC2)c1. The van der Waals surface area contributed by atoms with Crippen LogP contribution < -0.4 is 10.0 Å². The number of amides is 1. The molecule has 0 saturated carbocycles. The lowest BCUT2D eigenvalue weighted by Gasteiger charge is -2.32. The third-order valence-corrected chi connectivity index (χ3v) is 6.87. The monoisotopic (exact) mass is 429 g/mol. The van der Waals surface area contributed by atoms with Crippen LogP contribution in [0.25, 0.3) is 0 Å².